The van der Waals surface area contributed by atoms with Crippen LogP contribution in [0.2, 0.25) is 0 Å². The van der Waals surface area contributed by atoms with Crippen LogP contribution >= 0.6 is 0 Å². The van der Waals surface area contributed by atoms with Crippen molar-refractivity contribution in [2.24, 2.45) is 5.92 Å². The topological polar surface area (TPSA) is 69.8 Å². The predicted octanol–water partition coefficient (Wildman–Crippen LogP) is 2.49. The Hall–Kier alpha value is -1.75. The van der Waals surface area contributed by atoms with Gasteiger partial charge in [-0.15, -0.1) is 0 Å². The molecule has 0 radical (unpaired) electrons. The van der Waals surface area contributed by atoms with Crippen LogP contribution in [0.1, 0.15) is 39.5 Å². The fourth-order valence-corrected chi connectivity index (χ4v) is 3.43. The van der Waals surface area contributed by atoms with Crippen LogP contribution < -0.4 is 10.6 Å². The number of aliphatic hydroxyl groups excluding tert-OH is 1. The lowest BCUT2D eigenvalue weighted by Gasteiger charge is -2.26. The van der Waals surface area contributed by atoms with Gasteiger partial charge in [-0.05, 0) is 49.4 Å². The molecule has 1 saturated heterocycles. The first-order chi connectivity index (χ1) is 11.4. The van der Waals surface area contributed by atoms with E-state index < -0.39 is 0 Å². The summed E-state index contributed by atoms with van der Waals surface area (Å²) in [5.41, 5.74) is 7.56. The van der Waals surface area contributed by atoms with Crippen molar-refractivity contribution in [1.29, 1.82) is 0 Å². The number of amides is 1. The highest BCUT2D eigenvalue weighted by Crippen LogP contribution is 2.25. The van der Waals surface area contributed by atoms with Gasteiger partial charge in [-0.1, -0.05) is 13.8 Å². The van der Waals surface area contributed by atoms with E-state index in [9.17, 15) is 9.90 Å². The highest BCUT2D eigenvalue weighted by molar-refractivity contribution is 5.77. The molecule has 0 saturated carbocycles. The van der Waals surface area contributed by atoms with E-state index in [0.29, 0.717) is 18.9 Å². The zero-order chi connectivity index (χ0) is 17.7. The minimum absolute atomic E-state index is 0.169. The predicted molar refractivity (Wildman–Crippen MR) is 98.9 cm³/mol. The van der Waals surface area contributed by atoms with Gasteiger partial charge in [-0.25, -0.2) is 0 Å². The molecule has 2 unspecified atom stereocenters. The molecule has 0 bridgehead atoms. The molecule has 2 rings (SSSR count). The van der Waals surface area contributed by atoms with Gasteiger partial charge in [-0.2, -0.15) is 0 Å². The van der Waals surface area contributed by atoms with Gasteiger partial charge < -0.3 is 20.6 Å². The average Bonchev–Trinajstić information content (AvgIpc) is 2.87. The quantitative estimate of drug-likeness (QED) is 0.752. The highest BCUT2D eigenvalue weighted by atomic mass is 16.3. The Morgan fingerprint density at radius 1 is 1.38 bits per heavy atom. The molecule has 1 heterocycles. The fraction of sp³-hybridized carbons (Fsp3) is 0.632. The molecule has 0 aromatic heterocycles. The van der Waals surface area contributed by atoms with Gasteiger partial charge in [0.2, 0.25) is 5.91 Å². The number of rotatable bonds is 7. The molecule has 1 amide bonds. The number of nitrogen functional groups attached to an aromatic ring is 1. The van der Waals surface area contributed by atoms with E-state index in [1.807, 2.05) is 36.2 Å². The molecule has 3 N–H and O–H groups in total. The zero-order valence-corrected chi connectivity index (χ0v) is 15.1. The van der Waals surface area contributed by atoms with E-state index in [1.165, 1.54) is 0 Å². The SMILES string of the molecule is CC(C)CC1CC(O)CN1C(=O)CCCN(C)c1ccc(N)cc1. The molecule has 2 atom stereocenters. The first-order valence-corrected chi connectivity index (χ1v) is 8.91. The number of aliphatic hydroxyl groups is 1. The number of anilines is 2. The Morgan fingerprint density at radius 2 is 2.04 bits per heavy atom. The van der Waals surface area contributed by atoms with Crippen LogP contribution in [0.3, 0.4) is 0 Å². The molecular formula is C19H31N3O2. The monoisotopic (exact) mass is 333 g/mol. The van der Waals surface area contributed by atoms with Crippen LogP contribution in [0.15, 0.2) is 24.3 Å². The third-order valence-electron chi connectivity index (χ3n) is 4.67. The number of likely N-dealkylation sites (tertiary alicyclic amines) is 1. The molecule has 0 aliphatic carbocycles. The van der Waals surface area contributed by atoms with Gasteiger partial charge in [0, 0.05) is 44.0 Å². The second-order valence-corrected chi connectivity index (χ2v) is 7.34. The maximum atomic E-state index is 12.5. The van der Waals surface area contributed by atoms with Crippen LogP contribution in [0.4, 0.5) is 11.4 Å². The molecule has 5 heteroatoms. The number of nitrogens with two attached hydrogens (primary N) is 1. The number of hydrogen-bond acceptors (Lipinski definition) is 4. The van der Waals surface area contributed by atoms with Gasteiger partial charge >= 0.3 is 0 Å². The molecule has 0 spiro atoms. The summed E-state index contributed by atoms with van der Waals surface area (Å²) in [7, 11) is 2.02. The van der Waals surface area contributed by atoms with Gasteiger partial charge in [0.15, 0.2) is 0 Å². The van der Waals surface area contributed by atoms with Gasteiger partial charge in [0.05, 0.1) is 6.10 Å². The third kappa shape index (κ3) is 5.13. The largest absolute Gasteiger partial charge is 0.399 e. The van der Waals surface area contributed by atoms with Crippen molar-refractivity contribution >= 4 is 17.3 Å². The van der Waals surface area contributed by atoms with E-state index >= 15 is 0 Å². The summed E-state index contributed by atoms with van der Waals surface area (Å²) in [5.74, 6) is 0.704. The molecule has 1 aromatic rings. The van der Waals surface area contributed by atoms with Crippen LogP contribution in [0.25, 0.3) is 0 Å². The summed E-state index contributed by atoms with van der Waals surface area (Å²) in [6, 6.07) is 7.96. The second-order valence-electron chi connectivity index (χ2n) is 7.34. The van der Waals surface area contributed by atoms with Crippen LogP contribution in [-0.2, 0) is 4.79 Å². The molecule has 5 nitrogen and oxygen atoms in total. The summed E-state index contributed by atoms with van der Waals surface area (Å²) in [5, 5.41) is 9.90. The number of carbonyl (C=O) groups excluding carboxylic acids is 1. The lowest BCUT2D eigenvalue weighted by Crippen LogP contribution is -2.37. The maximum absolute atomic E-state index is 12.5. The molecule has 134 valence electrons. The Labute approximate surface area is 145 Å². The van der Waals surface area contributed by atoms with E-state index in [2.05, 4.69) is 18.7 Å². The number of hydrogen-bond donors (Lipinski definition) is 2. The lowest BCUT2D eigenvalue weighted by molar-refractivity contribution is -0.132. The van der Waals surface area contributed by atoms with Crippen molar-refractivity contribution in [3.05, 3.63) is 24.3 Å². The molecule has 1 aromatic carbocycles. The number of carbonyl (C=O) groups is 1. The standard InChI is InChI=1S/C19H31N3O2/c1-14(2)11-17-12-18(23)13-22(17)19(24)5-4-10-21(3)16-8-6-15(20)7-9-16/h6-9,14,17-18,23H,4-5,10-13,20H2,1-3H3. The van der Waals surface area contributed by atoms with Gasteiger partial charge in [0.1, 0.15) is 0 Å². The Morgan fingerprint density at radius 3 is 2.67 bits per heavy atom. The molecule has 24 heavy (non-hydrogen) atoms. The van der Waals surface area contributed by atoms with Crippen molar-refractivity contribution in [3.63, 3.8) is 0 Å². The Bertz CT molecular complexity index is 530. The average molecular weight is 333 g/mol. The summed E-state index contributed by atoms with van der Waals surface area (Å²) >= 11 is 0. The third-order valence-corrected chi connectivity index (χ3v) is 4.67. The van der Waals surface area contributed by atoms with Crippen LogP contribution in [-0.4, -0.2) is 48.2 Å². The molecular weight excluding hydrogens is 302 g/mol. The van der Waals surface area contributed by atoms with Crippen molar-refractivity contribution in [1.82, 2.24) is 4.90 Å². The Balaban J connectivity index is 1.80. The zero-order valence-electron chi connectivity index (χ0n) is 15.1. The second kappa shape index (κ2) is 8.38. The normalized spacial score (nSPS) is 20.6. The lowest BCUT2D eigenvalue weighted by atomic mass is 10.0. The summed E-state index contributed by atoms with van der Waals surface area (Å²) in [6.07, 6.45) is 2.65. The van der Waals surface area contributed by atoms with E-state index in [0.717, 1.165) is 37.2 Å². The minimum Gasteiger partial charge on any atom is -0.399 e. The summed E-state index contributed by atoms with van der Waals surface area (Å²) in [6.45, 7) is 5.63. The number of nitrogens with zero attached hydrogens (tertiary/aromatic N) is 2. The summed E-state index contributed by atoms with van der Waals surface area (Å²) in [4.78, 5) is 16.6. The van der Waals surface area contributed by atoms with Gasteiger partial charge in [0.25, 0.3) is 0 Å². The van der Waals surface area contributed by atoms with Crippen molar-refractivity contribution in [2.75, 3.05) is 30.8 Å². The van der Waals surface area contributed by atoms with Crippen molar-refractivity contribution in [2.45, 2.75) is 51.7 Å². The van der Waals surface area contributed by atoms with E-state index in [-0.39, 0.29) is 18.1 Å². The minimum atomic E-state index is -0.366. The van der Waals surface area contributed by atoms with Crippen LogP contribution in [0, 0.1) is 5.92 Å². The van der Waals surface area contributed by atoms with Crippen molar-refractivity contribution < 1.29 is 9.90 Å². The first kappa shape index (κ1) is 18.6. The van der Waals surface area contributed by atoms with E-state index in [1.54, 1.807) is 0 Å². The number of β-amino-alcohol motifs (C(OH)–C–C–N with tert-alkyl or cyclic N) is 1. The summed E-state index contributed by atoms with van der Waals surface area (Å²) < 4.78 is 0. The fourth-order valence-electron chi connectivity index (χ4n) is 3.43. The number of benzene rings is 1. The van der Waals surface area contributed by atoms with Gasteiger partial charge in [-0.3, -0.25) is 4.79 Å². The highest BCUT2D eigenvalue weighted by Gasteiger charge is 2.33. The molecule has 1 aliphatic rings. The molecule has 1 aliphatic heterocycles. The smallest absolute Gasteiger partial charge is 0.222 e. The van der Waals surface area contributed by atoms with Crippen LogP contribution in [0.5, 0.6) is 0 Å². The molecule has 1 fully saturated rings. The van der Waals surface area contributed by atoms with Crippen molar-refractivity contribution in [3.8, 4) is 0 Å². The Kier molecular flexibility index (Phi) is 6.49. The van der Waals surface area contributed by atoms with E-state index in [4.69, 9.17) is 5.73 Å². The maximum Gasteiger partial charge on any atom is 0.222 e. The first-order valence-electron chi connectivity index (χ1n) is 8.91.